The first kappa shape index (κ1) is 27.1. The number of benzene rings is 1. The molecule has 1 amide bonds. The summed E-state index contributed by atoms with van der Waals surface area (Å²) in [6, 6.07) is 5.86. The van der Waals surface area contributed by atoms with Gasteiger partial charge in [-0.25, -0.2) is 0 Å². The van der Waals surface area contributed by atoms with Gasteiger partial charge in [-0.2, -0.15) is 13.2 Å². The van der Waals surface area contributed by atoms with Gasteiger partial charge < -0.3 is 29.4 Å². The van der Waals surface area contributed by atoms with Crippen LogP contribution in [0.2, 0.25) is 0 Å². The molecule has 1 fully saturated rings. The van der Waals surface area contributed by atoms with Crippen LogP contribution in [-0.4, -0.2) is 71.8 Å². The number of carbonyl (C=O) groups is 4. The van der Waals surface area contributed by atoms with Gasteiger partial charge in [0, 0.05) is 27.2 Å². The summed E-state index contributed by atoms with van der Waals surface area (Å²) in [5, 5.41) is 13.0. The molecule has 1 aliphatic heterocycles. The Kier molecular flexibility index (Phi) is 8.61. The van der Waals surface area contributed by atoms with Gasteiger partial charge in [0.1, 0.15) is 18.8 Å². The highest BCUT2D eigenvalue weighted by Gasteiger charge is 2.59. The third kappa shape index (κ3) is 7.15. The molecule has 1 aliphatic rings. The van der Waals surface area contributed by atoms with E-state index in [9.17, 15) is 37.5 Å². The van der Waals surface area contributed by atoms with Crippen molar-refractivity contribution in [2.75, 3.05) is 6.61 Å². The van der Waals surface area contributed by atoms with Crippen molar-refractivity contribution < 1.29 is 56.4 Å². The number of hydrogen-bond donors (Lipinski definition) is 2. The Morgan fingerprint density at radius 3 is 2.06 bits per heavy atom. The van der Waals surface area contributed by atoms with Gasteiger partial charge in [0.05, 0.1) is 0 Å². The lowest BCUT2D eigenvalue weighted by Gasteiger charge is -2.49. The third-order valence-corrected chi connectivity index (χ3v) is 4.76. The molecule has 0 bridgehead atoms. The molecule has 1 aromatic rings. The average molecular weight is 491 g/mol. The van der Waals surface area contributed by atoms with E-state index in [0.717, 1.165) is 20.8 Å². The second-order valence-corrected chi connectivity index (χ2v) is 7.56. The fourth-order valence-corrected chi connectivity index (χ4v) is 3.51. The number of alkyl halides is 3. The van der Waals surface area contributed by atoms with Crippen molar-refractivity contribution in [2.24, 2.45) is 0 Å². The number of amides is 1. The van der Waals surface area contributed by atoms with Crippen LogP contribution in [0, 0.1) is 0 Å². The molecule has 13 heteroatoms. The Balaban J connectivity index is 2.59. The highest BCUT2D eigenvalue weighted by atomic mass is 19.4. The van der Waals surface area contributed by atoms with Crippen molar-refractivity contribution >= 4 is 23.8 Å². The van der Waals surface area contributed by atoms with E-state index in [0.29, 0.717) is 5.56 Å². The monoisotopic (exact) mass is 491 g/mol. The lowest BCUT2D eigenvalue weighted by molar-refractivity contribution is -0.321. The van der Waals surface area contributed by atoms with Crippen LogP contribution >= 0.6 is 0 Å². The first-order valence-electron chi connectivity index (χ1n) is 10.0. The quantitative estimate of drug-likeness (QED) is 0.419. The van der Waals surface area contributed by atoms with Crippen LogP contribution in [0.25, 0.3) is 0 Å². The minimum atomic E-state index is -5.36. The summed E-state index contributed by atoms with van der Waals surface area (Å²) in [5.41, 5.74) is 0.384. The summed E-state index contributed by atoms with van der Waals surface area (Å²) < 4.78 is 60.0. The van der Waals surface area contributed by atoms with Crippen molar-refractivity contribution in [2.45, 2.75) is 63.5 Å². The normalized spacial score (nSPS) is 26.8. The summed E-state index contributed by atoms with van der Waals surface area (Å²) in [4.78, 5) is 46.7. The molecule has 10 nitrogen and oxygen atoms in total. The molecule has 0 unspecified atom stereocenters. The molecule has 0 aliphatic carbocycles. The van der Waals surface area contributed by atoms with Crippen LogP contribution in [0.15, 0.2) is 30.3 Å². The lowest BCUT2D eigenvalue weighted by atomic mass is 9.86. The molecule has 2 N–H and O–H groups in total. The van der Waals surface area contributed by atoms with E-state index < -0.39 is 73.2 Å². The maximum Gasteiger partial charge on any atom is 0.471 e. The first-order valence-corrected chi connectivity index (χ1v) is 10.0. The van der Waals surface area contributed by atoms with Gasteiger partial charge in [0.15, 0.2) is 18.0 Å². The number of aliphatic hydroxyl groups is 1. The molecule has 34 heavy (non-hydrogen) atoms. The number of esters is 3. The van der Waals surface area contributed by atoms with E-state index in [1.54, 1.807) is 23.5 Å². The summed E-state index contributed by atoms with van der Waals surface area (Å²) >= 11 is 0. The largest absolute Gasteiger partial charge is 0.471 e. The zero-order valence-electron chi connectivity index (χ0n) is 18.5. The number of halogens is 3. The summed E-state index contributed by atoms with van der Waals surface area (Å²) in [6.45, 7) is 2.36. The van der Waals surface area contributed by atoms with E-state index in [4.69, 9.17) is 18.9 Å². The molecule has 0 radical (unpaired) electrons. The van der Waals surface area contributed by atoms with Crippen LogP contribution in [0.3, 0.4) is 0 Å². The Labute approximate surface area is 192 Å². The van der Waals surface area contributed by atoms with E-state index in [2.05, 4.69) is 0 Å². The number of rotatable bonds is 7. The van der Waals surface area contributed by atoms with E-state index in [-0.39, 0.29) is 0 Å². The molecule has 2 rings (SSSR count). The van der Waals surface area contributed by atoms with Crippen molar-refractivity contribution in [3.63, 3.8) is 0 Å². The van der Waals surface area contributed by atoms with Gasteiger partial charge >= 0.3 is 30.0 Å². The highest BCUT2D eigenvalue weighted by molar-refractivity contribution is 5.82. The van der Waals surface area contributed by atoms with Crippen LogP contribution < -0.4 is 5.32 Å². The second-order valence-electron chi connectivity index (χ2n) is 7.56. The van der Waals surface area contributed by atoms with Crippen molar-refractivity contribution in [1.29, 1.82) is 0 Å². The molecular formula is C21H24F3NO9. The Morgan fingerprint density at radius 1 is 1.00 bits per heavy atom. The zero-order chi connectivity index (χ0) is 25.7. The van der Waals surface area contributed by atoms with Crippen molar-refractivity contribution in [3.05, 3.63) is 35.9 Å². The van der Waals surface area contributed by atoms with Gasteiger partial charge in [-0.05, 0) is 5.56 Å². The number of hydrogen-bond acceptors (Lipinski definition) is 9. The minimum Gasteiger partial charge on any atom is -0.463 e. The third-order valence-electron chi connectivity index (χ3n) is 4.76. The van der Waals surface area contributed by atoms with Crippen molar-refractivity contribution in [3.8, 4) is 0 Å². The predicted octanol–water partition coefficient (Wildman–Crippen LogP) is 0.790. The van der Waals surface area contributed by atoms with Gasteiger partial charge in [-0.3, -0.25) is 19.2 Å². The molecule has 0 aromatic heterocycles. The number of carbonyl (C=O) groups excluding carboxylic acids is 4. The predicted molar refractivity (Wildman–Crippen MR) is 106 cm³/mol. The fourth-order valence-electron chi connectivity index (χ4n) is 3.51. The number of nitrogens with one attached hydrogen (secondary N) is 1. The zero-order valence-corrected chi connectivity index (χ0v) is 18.5. The van der Waals surface area contributed by atoms with Crippen LogP contribution in [0.4, 0.5) is 13.2 Å². The Hall–Kier alpha value is -3.19. The van der Waals surface area contributed by atoms with E-state index in [1.165, 1.54) is 12.1 Å². The molecule has 0 spiro atoms. The minimum absolute atomic E-state index is 0.384. The SMILES string of the molecule is CC(=O)OC[C@H]1O[C@](O)(Cc2ccccc2)[C@H](NC(=O)C(F)(F)F)[C@@H](OC(C)=O)[C@H]1OC(C)=O. The van der Waals surface area contributed by atoms with Crippen LogP contribution in [0.1, 0.15) is 26.3 Å². The summed E-state index contributed by atoms with van der Waals surface area (Å²) in [5.74, 6) is -7.78. The van der Waals surface area contributed by atoms with Gasteiger partial charge in [0.25, 0.3) is 0 Å². The molecule has 1 heterocycles. The van der Waals surface area contributed by atoms with E-state index in [1.807, 2.05) is 0 Å². The Morgan fingerprint density at radius 2 is 1.56 bits per heavy atom. The molecular weight excluding hydrogens is 467 g/mol. The highest BCUT2D eigenvalue weighted by Crippen LogP contribution is 2.35. The molecule has 188 valence electrons. The smallest absolute Gasteiger partial charge is 0.463 e. The Bertz CT molecular complexity index is 909. The second kappa shape index (κ2) is 10.8. The van der Waals surface area contributed by atoms with Crippen LogP contribution in [0.5, 0.6) is 0 Å². The summed E-state index contributed by atoms with van der Waals surface area (Å²) in [6.07, 6.45) is -10.8. The van der Waals surface area contributed by atoms with Crippen molar-refractivity contribution in [1.82, 2.24) is 5.32 Å². The molecule has 1 aromatic carbocycles. The average Bonchev–Trinajstić information content (AvgIpc) is 2.70. The summed E-state index contributed by atoms with van der Waals surface area (Å²) in [7, 11) is 0. The number of ether oxygens (including phenoxy) is 4. The topological polar surface area (TPSA) is 137 Å². The molecule has 1 saturated heterocycles. The van der Waals surface area contributed by atoms with E-state index >= 15 is 0 Å². The first-order chi connectivity index (χ1) is 15.7. The maximum absolute atomic E-state index is 13.1. The molecule has 5 atom stereocenters. The van der Waals surface area contributed by atoms with Gasteiger partial charge in [-0.1, -0.05) is 30.3 Å². The standard InChI is InChI=1S/C21H24F3NO9/c1-11(26)31-10-15-16(32-12(2)27)17(33-13(3)28)18(25-19(29)21(22,23)24)20(30,34-15)9-14-7-5-4-6-8-14/h4-8,15-18,30H,9-10H2,1-3H3,(H,25,29)/t15-,16+,17+,18-,20-/m1/s1. The maximum atomic E-state index is 13.1. The lowest BCUT2D eigenvalue weighted by Crippen LogP contribution is -2.73. The molecule has 0 saturated carbocycles. The van der Waals surface area contributed by atoms with Crippen LogP contribution in [-0.2, 0) is 44.5 Å². The van der Waals surface area contributed by atoms with Gasteiger partial charge in [0.2, 0.25) is 0 Å². The fraction of sp³-hybridized carbons (Fsp3) is 0.524. The van der Waals surface area contributed by atoms with Gasteiger partial charge in [-0.15, -0.1) is 0 Å².